The zero-order chi connectivity index (χ0) is 26.8. The van der Waals surface area contributed by atoms with Gasteiger partial charge in [-0.15, -0.1) is 0 Å². The molecule has 0 spiro atoms. The highest BCUT2D eigenvalue weighted by Crippen LogP contribution is 2.16. The number of fused-ring (bicyclic) bond motifs is 2. The van der Waals surface area contributed by atoms with Crippen molar-refractivity contribution in [2.45, 2.75) is 25.8 Å². The molecular weight excluding hydrogens is 488 g/mol. The number of benzene rings is 3. The standard InChI is InChI=1S/C26H25B2N3O7/c29-24(32)23(30-25(33)17-6-8-19-14-37-27(35)21(19)10-17)13-31(12-16-4-2-1-3-5-16)26(34)18-7-9-20-15-38-28(36)22(20)11-18/h1-11,23,35-36H,12-15H2,(H2,29,32)(H,30,33). The first kappa shape index (κ1) is 25.7. The first-order valence-electron chi connectivity index (χ1n) is 12.1. The van der Waals surface area contributed by atoms with Crippen molar-refractivity contribution >= 4 is 42.9 Å². The Balaban J connectivity index is 1.39. The lowest BCUT2D eigenvalue weighted by molar-refractivity contribution is -0.120. The summed E-state index contributed by atoms with van der Waals surface area (Å²) in [6.45, 7) is 0.449. The average molecular weight is 513 g/mol. The van der Waals surface area contributed by atoms with Crippen LogP contribution in [0.2, 0.25) is 0 Å². The van der Waals surface area contributed by atoms with Gasteiger partial charge in [0.15, 0.2) is 0 Å². The van der Waals surface area contributed by atoms with Crippen molar-refractivity contribution in [1.29, 1.82) is 0 Å². The lowest BCUT2D eigenvalue weighted by Gasteiger charge is -2.27. The van der Waals surface area contributed by atoms with Gasteiger partial charge in [0.2, 0.25) is 5.91 Å². The van der Waals surface area contributed by atoms with Crippen LogP contribution in [0.25, 0.3) is 0 Å². The summed E-state index contributed by atoms with van der Waals surface area (Å²) in [6, 6.07) is 17.7. The summed E-state index contributed by atoms with van der Waals surface area (Å²) in [7, 11) is -2.24. The van der Waals surface area contributed by atoms with Gasteiger partial charge in [0, 0.05) is 17.7 Å². The maximum absolute atomic E-state index is 13.6. The van der Waals surface area contributed by atoms with E-state index < -0.39 is 38.0 Å². The monoisotopic (exact) mass is 513 g/mol. The van der Waals surface area contributed by atoms with Crippen molar-refractivity contribution in [3.8, 4) is 0 Å². The second-order valence-electron chi connectivity index (χ2n) is 9.25. The molecular formula is C26H25B2N3O7. The molecule has 0 bridgehead atoms. The third kappa shape index (κ3) is 5.34. The number of primary amides is 1. The van der Waals surface area contributed by atoms with Gasteiger partial charge in [0.25, 0.3) is 11.8 Å². The number of hydrogen-bond donors (Lipinski definition) is 4. The SMILES string of the molecule is NC(=O)C(CN(Cc1ccccc1)C(=O)c1ccc2c(c1)B(O)OC2)NC(=O)c1ccc2c(c1)B(O)OC2. The third-order valence-electron chi connectivity index (χ3n) is 6.68. The van der Waals surface area contributed by atoms with Gasteiger partial charge in [0.05, 0.1) is 19.8 Å². The fourth-order valence-electron chi connectivity index (χ4n) is 4.58. The van der Waals surface area contributed by atoms with E-state index >= 15 is 0 Å². The van der Waals surface area contributed by atoms with Crippen molar-refractivity contribution in [1.82, 2.24) is 10.2 Å². The second kappa shape index (κ2) is 10.8. The van der Waals surface area contributed by atoms with Gasteiger partial charge in [-0.1, -0.05) is 42.5 Å². The van der Waals surface area contributed by atoms with Gasteiger partial charge in [-0.05, 0) is 51.9 Å². The highest BCUT2D eigenvalue weighted by molar-refractivity contribution is 6.62. The summed E-state index contributed by atoms with van der Waals surface area (Å²) in [6.07, 6.45) is 0. The van der Waals surface area contributed by atoms with Gasteiger partial charge in [-0.3, -0.25) is 14.4 Å². The number of nitrogens with zero attached hydrogens (tertiary/aromatic N) is 1. The minimum Gasteiger partial charge on any atom is -0.423 e. The Hall–Kier alpha value is -3.96. The Morgan fingerprint density at radius 2 is 1.47 bits per heavy atom. The van der Waals surface area contributed by atoms with Gasteiger partial charge < -0.3 is 35.3 Å². The number of nitrogens with two attached hydrogens (primary N) is 1. The summed E-state index contributed by atoms with van der Waals surface area (Å²) in [5, 5.41) is 22.7. The molecule has 12 heteroatoms. The molecule has 5 rings (SSSR count). The topological polar surface area (TPSA) is 151 Å². The Bertz CT molecular complexity index is 1390. The Kier molecular flexibility index (Phi) is 7.30. The number of carbonyl (C=O) groups excluding carboxylic acids is 3. The summed E-state index contributed by atoms with van der Waals surface area (Å²) in [5.41, 5.74) is 9.52. The van der Waals surface area contributed by atoms with E-state index in [-0.39, 0.29) is 31.9 Å². The smallest absolute Gasteiger partial charge is 0.423 e. The highest BCUT2D eigenvalue weighted by Gasteiger charge is 2.31. The van der Waals surface area contributed by atoms with E-state index in [4.69, 9.17) is 15.0 Å². The van der Waals surface area contributed by atoms with Crippen molar-refractivity contribution in [3.63, 3.8) is 0 Å². The first-order valence-corrected chi connectivity index (χ1v) is 12.1. The molecule has 5 N–H and O–H groups in total. The van der Waals surface area contributed by atoms with Crippen LogP contribution in [0.5, 0.6) is 0 Å². The number of nitrogens with one attached hydrogen (secondary N) is 1. The summed E-state index contributed by atoms with van der Waals surface area (Å²) >= 11 is 0. The molecule has 2 aliphatic heterocycles. The molecule has 1 unspecified atom stereocenters. The molecule has 10 nitrogen and oxygen atoms in total. The highest BCUT2D eigenvalue weighted by atomic mass is 16.5. The molecule has 0 radical (unpaired) electrons. The van der Waals surface area contributed by atoms with Crippen LogP contribution in [0.1, 0.15) is 37.4 Å². The van der Waals surface area contributed by atoms with E-state index in [1.54, 1.807) is 30.3 Å². The minimum absolute atomic E-state index is 0.151. The van der Waals surface area contributed by atoms with Crippen LogP contribution in [0.3, 0.4) is 0 Å². The van der Waals surface area contributed by atoms with E-state index in [2.05, 4.69) is 5.32 Å². The van der Waals surface area contributed by atoms with Crippen LogP contribution in [0, 0.1) is 0 Å². The largest absolute Gasteiger partial charge is 0.491 e. The van der Waals surface area contributed by atoms with Crippen LogP contribution >= 0.6 is 0 Å². The molecule has 192 valence electrons. The molecule has 2 aliphatic rings. The van der Waals surface area contributed by atoms with Crippen LogP contribution in [0.15, 0.2) is 66.7 Å². The van der Waals surface area contributed by atoms with Crippen molar-refractivity contribution < 1.29 is 33.7 Å². The zero-order valence-electron chi connectivity index (χ0n) is 20.4. The van der Waals surface area contributed by atoms with Crippen molar-refractivity contribution in [2.24, 2.45) is 5.73 Å². The molecule has 0 saturated carbocycles. The van der Waals surface area contributed by atoms with Gasteiger partial charge >= 0.3 is 14.2 Å². The van der Waals surface area contributed by atoms with E-state index in [0.717, 1.165) is 16.7 Å². The number of hydrogen-bond acceptors (Lipinski definition) is 7. The van der Waals surface area contributed by atoms with Crippen LogP contribution in [-0.4, -0.2) is 59.5 Å². The molecule has 3 amide bonds. The summed E-state index contributed by atoms with van der Waals surface area (Å²) in [5.74, 6) is -1.80. The van der Waals surface area contributed by atoms with Gasteiger partial charge in [0.1, 0.15) is 6.04 Å². The van der Waals surface area contributed by atoms with Crippen molar-refractivity contribution in [3.05, 3.63) is 94.5 Å². The Morgan fingerprint density at radius 3 is 2.08 bits per heavy atom. The molecule has 38 heavy (non-hydrogen) atoms. The maximum Gasteiger partial charge on any atom is 0.491 e. The Morgan fingerprint density at radius 1 is 0.895 bits per heavy atom. The lowest BCUT2D eigenvalue weighted by atomic mass is 9.78. The molecule has 0 aliphatic carbocycles. The quantitative estimate of drug-likeness (QED) is 0.284. The molecule has 2 heterocycles. The molecule has 0 saturated heterocycles. The van der Waals surface area contributed by atoms with Gasteiger partial charge in [-0.2, -0.15) is 0 Å². The van der Waals surface area contributed by atoms with E-state index in [0.29, 0.717) is 16.5 Å². The average Bonchev–Trinajstić information content (AvgIpc) is 3.49. The zero-order valence-corrected chi connectivity index (χ0v) is 20.4. The van der Waals surface area contributed by atoms with E-state index in [1.165, 1.54) is 11.0 Å². The molecule has 0 fully saturated rings. The van der Waals surface area contributed by atoms with E-state index in [1.807, 2.05) is 30.3 Å². The number of carbonyl (C=O) groups is 3. The molecule has 1 atom stereocenters. The van der Waals surface area contributed by atoms with Crippen LogP contribution < -0.4 is 22.0 Å². The predicted molar refractivity (Wildman–Crippen MR) is 139 cm³/mol. The normalized spacial score (nSPS) is 14.6. The number of amides is 3. The van der Waals surface area contributed by atoms with Gasteiger partial charge in [-0.25, -0.2) is 0 Å². The van der Waals surface area contributed by atoms with Crippen LogP contribution in [0.4, 0.5) is 0 Å². The third-order valence-corrected chi connectivity index (χ3v) is 6.68. The maximum atomic E-state index is 13.6. The molecule has 3 aromatic rings. The minimum atomic E-state index is -1.20. The number of rotatable bonds is 8. The second-order valence-corrected chi connectivity index (χ2v) is 9.25. The first-order chi connectivity index (χ1) is 18.3. The summed E-state index contributed by atoms with van der Waals surface area (Å²) in [4.78, 5) is 40.5. The van der Waals surface area contributed by atoms with E-state index in [9.17, 15) is 24.4 Å². The van der Waals surface area contributed by atoms with Crippen molar-refractivity contribution in [2.75, 3.05) is 6.54 Å². The Labute approximate surface area is 219 Å². The molecule has 0 aromatic heterocycles. The predicted octanol–water partition coefficient (Wildman–Crippen LogP) is -0.952. The van der Waals surface area contributed by atoms with Crippen LogP contribution in [-0.2, 0) is 33.9 Å². The fraction of sp³-hybridized carbons (Fsp3) is 0.192. The molecule has 3 aromatic carbocycles. The fourth-order valence-corrected chi connectivity index (χ4v) is 4.58. The summed E-state index contributed by atoms with van der Waals surface area (Å²) < 4.78 is 10.4. The lowest BCUT2D eigenvalue weighted by Crippen LogP contribution is -2.52.